The van der Waals surface area contributed by atoms with Crippen molar-refractivity contribution >= 4 is 23.7 Å². The van der Waals surface area contributed by atoms with Gasteiger partial charge < -0.3 is 31.3 Å². The summed E-state index contributed by atoms with van der Waals surface area (Å²) in [6, 6.07) is 8.07. The molecule has 1 fully saturated rings. The number of rotatable bonds is 6. The Morgan fingerprint density at radius 3 is 2.70 bits per heavy atom. The first-order valence-electron chi connectivity index (χ1n) is 14.1. The largest absolute Gasteiger partial charge is 0.492 e. The van der Waals surface area contributed by atoms with Crippen molar-refractivity contribution in [2.75, 3.05) is 19.7 Å². The summed E-state index contributed by atoms with van der Waals surface area (Å²) in [6.07, 6.45) is 0.808. The fourth-order valence-electron chi connectivity index (χ4n) is 6.59. The molecule has 10 N–H and O–H groups in total. The molecule has 14 heteroatoms. The number of nitrogens with zero attached hydrogens (tertiary/aromatic N) is 2. The number of aliphatic imine (C=N–C) groups is 1. The van der Waals surface area contributed by atoms with Crippen molar-refractivity contribution in [3.8, 4) is 5.75 Å². The van der Waals surface area contributed by atoms with Crippen molar-refractivity contribution in [2.45, 2.75) is 61.7 Å². The van der Waals surface area contributed by atoms with Crippen LogP contribution < -0.4 is 37.1 Å². The van der Waals surface area contributed by atoms with Crippen LogP contribution in [0, 0.1) is 5.82 Å². The molecular formula is C29H36FN8O5+. The minimum atomic E-state index is -2.60. The zero-order chi connectivity index (χ0) is 30.7. The van der Waals surface area contributed by atoms with Gasteiger partial charge in [0.25, 0.3) is 11.6 Å². The minimum Gasteiger partial charge on any atom is -0.492 e. The predicted molar refractivity (Wildman–Crippen MR) is 153 cm³/mol. The van der Waals surface area contributed by atoms with Gasteiger partial charge in [0, 0.05) is 12.1 Å². The fourth-order valence-corrected chi connectivity index (χ4v) is 6.59. The number of amides is 2. The standard InChI is InChI=1S/C29H35FN8O5/c1-27(2)10-11-43-22-17(4-3-5-18(22)27)24(40)35-20-14-38-26(32)34-19(23-28(38,29(20,41)42)37-25(31)36-23)13-33-21(39)12-15-6-8-16(30)9-7-15/h3-9,19-20,23,41-42H,10-14H2,1-2H3,(H2,32,34)(H,33,39)(H,35,40)(H3,31,36,37)/p+1/t19-,20?,23-,28?/m0/s1. The first-order chi connectivity index (χ1) is 20.3. The maximum Gasteiger partial charge on any atom is 0.343 e. The number of aliphatic hydroxyl groups is 2. The summed E-state index contributed by atoms with van der Waals surface area (Å²) in [6.45, 7) is 4.51. The molecule has 1 spiro atoms. The second-order valence-corrected chi connectivity index (χ2v) is 12.1. The molecule has 0 aliphatic carbocycles. The highest BCUT2D eigenvalue weighted by molar-refractivity contribution is 5.98. The third-order valence-corrected chi connectivity index (χ3v) is 8.94. The molecule has 0 bridgehead atoms. The minimum absolute atomic E-state index is 0.0101. The zero-order valence-electron chi connectivity index (χ0n) is 23.9. The highest BCUT2D eigenvalue weighted by Gasteiger charge is 2.76. The number of nitrogens with two attached hydrogens (primary N) is 2. The summed E-state index contributed by atoms with van der Waals surface area (Å²) in [7, 11) is 0. The monoisotopic (exact) mass is 595 g/mol. The molecule has 4 atom stereocenters. The summed E-state index contributed by atoms with van der Waals surface area (Å²) < 4.78 is 19.1. The molecule has 43 heavy (non-hydrogen) atoms. The number of fused-ring (bicyclic) bond motifs is 1. The Morgan fingerprint density at radius 2 is 1.95 bits per heavy atom. The molecule has 2 amide bonds. The lowest BCUT2D eigenvalue weighted by Gasteiger charge is -2.46. The smallest absolute Gasteiger partial charge is 0.343 e. The number of carbonyl (C=O) groups is 2. The van der Waals surface area contributed by atoms with Crippen molar-refractivity contribution < 1.29 is 33.9 Å². The molecule has 2 unspecified atom stereocenters. The van der Waals surface area contributed by atoms with E-state index in [1.54, 1.807) is 12.1 Å². The molecule has 4 aliphatic rings. The number of guanidine groups is 2. The maximum absolute atomic E-state index is 13.6. The van der Waals surface area contributed by atoms with E-state index in [1.165, 1.54) is 29.2 Å². The lowest BCUT2D eigenvalue weighted by atomic mass is 9.79. The Bertz CT molecular complexity index is 1530. The van der Waals surface area contributed by atoms with E-state index in [1.807, 2.05) is 6.07 Å². The van der Waals surface area contributed by atoms with Gasteiger partial charge in [-0.15, -0.1) is 0 Å². The lowest BCUT2D eigenvalue weighted by molar-refractivity contribution is -0.521. The van der Waals surface area contributed by atoms with Crippen LogP contribution in [-0.2, 0) is 16.6 Å². The third kappa shape index (κ3) is 4.61. The summed E-state index contributed by atoms with van der Waals surface area (Å²) in [5, 5.41) is 32.0. The number of nitrogens with one attached hydrogen (secondary N) is 4. The van der Waals surface area contributed by atoms with Crippen molar-refractivity contribution in [3.63, 3.8) is 0 Å². The van der Waals surface area contributed by atoms with Gasteiger partial charge in [-0.1, -0.05) is 38.1 Å². The Morgan fingerprint density at radius 1 is 1.21 bits per heavy atom. The van der Waals surface area contributed by atoms with Gasteiger partial charge in [0.05, 0.1) is 25.1 Å². The Kier molecular flexibility index (Phi) is 6.73. The molecule has 6 rings (SSSR count). The first-order valence-corrected chi connectivity index (χ1v) is 14.1. The van der Waals surface area contributed by atoms with Crippen LogP contribution in [0.5, 0.6) is 5.75 Å². The van der Waals surface area contributed by atoms with E-state index in [9.17, 15) is 24.2 Å². The van der Waals surface area contributed by atoms with E-state index in [2.05, 4.69) is 39.8 Å². The quantitative estimate of drug-likeness (QED) is 0.161. The molecule has 2 aromatic rings. The fraction of sp³-hybridized carbons (Fsp3) is 0.448. The topological polar surface area (TPSA) is 202 Å². The van der Waals surface area contributed by atoms with Gasteiger partial charge in [-0.05, 0) is 35.6 Å². The molecule has 4 heterocycles. The molecule has 4 aliphatic heterocycles. The van der Waals surface area contributed by atoms with Gasteiger partial charge in [-0.3, -0.25) is 25.2 Å². The van der Waals surface area contributed by atoms with Crippen LogP contribution in [0.15, 0.2) is 47.5 Å². The molecule has 0 saturated carbocycles. The van der Waals surface area contributed by atoms with Crippen LogP contribution in [0.2, 0.25) is 0 Å². The average Bonchev–Trinajstić information content (AvgIpc) is 3.42. The Hall–Kier alpha value is -4.43. The zero-order valence-corrected chi connectivity index (χ0v) is 23.9. The second kappa shape index (κ2) is 10.1. The van der Waals surface area contributed by atoms with Gasteiger partial charge in [0.1, 0.15) is 23.7 Å². The van der Waals surface area contributed by atoms with E-state index in [0.29, 0.717) is 17.9 Å². The van der Waals surface area contributed by atoms with Crippen LogP contribution in [0.1, 0.15) is 41.8 Å². The number of para-hydroxylation sites is 1. The number of carbonyl (C=O) groups excluding carboxylic acids is 2. The SMILES string of the molecule is CC1(C)CCOc2c(C(=O)NC3CN4C(N)=N[C@@H](CNC(=O)Cc5ccc(F)cc5)[C@@H]5[NH+]=C(N)NC54C3(O)O)cccc21. The summed E-state index contributed by atoms with van der Waals surface area (Å²) >= 11 is 0. The highest BCUT2D eigenvalue weighted by Crippen LogP contribution is 2.43. The van der Waals surface area contributed by atoms with Gasteiger partial charge in [0.2, 0.25) is 11.7 Å². The number of hydrogen-bond donors (Lipinski definition) is 8. The summed E-state index contributed by atoms with van der Waals surface area (Å²) in [4.78, 5) is 35.3. The van der Waals surface area contributed by atoms with Crippen molar-refractivity contribution in [1.29, 1.82) is 0 Å². The molecule has 1 saturated heterocycles. The molecular weight excluding hydrogens is 559 g/mol. The van der Waals surface area contributed by atoms with Crippen molar-refractivity contribution in [3.05, 3.63) is 65.0 Å². The molecule has 2 aromatic carbocycles. The van der Waals surface area contributed by atoms with E-state index >= 15 is 0 Å². The van der Waals surface area contributed by atoms with Crippen molar-refractivity contribution in [2.24, 2.45) is 16.5 Å². The van der Waals surface area contributed by atoms with E-state index in [-0.39, 0.29) is 48.3 Å². The van der Waals surface area contributed by atoms with E-state index < -0.39 is 41.3 Å². The van der Waals surface area contributed by atoms with E-state index in [4.69, 9.17) is 16.2 Å². The lowest BCUT2D eigenvalue weighted by Crippen LogP contribution is -2.90. The van der Waals surface area contributed by atoms with Crippen LogP contribution in [-0.4, -0.2) is 88.1 Å². The van der Waals surface area contributed by atoms with Crippen LogP contribution in [0.3, 0.4) is 0 Å². The molecule has 13 nitrogen and oxygen atoms in total. The van der Waals surface area contributed by atoms with Gasteiger partial charge in [0.15, 0.2) is 12.0 Å². The van der Waals surface area contributed by atoms with Crippen LogP contribution >= 0.6 is 0 Å². The summed E-state index contributed by atoms with van der Waals surface area (Å²) in [5.74, 6) is -3.38. The Labute approximate surface area is 247 Å². The van der Waals surface area contributed by atoms with Crippen LogP contribution in [0.4, 0.5) is 4.39 Å². The van der Waals surface area contributed by atoms with Gasteiger partial charge >= 0.3 is 5.96 Å². The van der Waals surface area contributed by atoms with E-state index in [0.717, 1.165) is 12.0 Å². The number of halogens is 1. The molecule has 0 aromatic heterocycles. The van der Waals surface area contributed by atoms with Crippen molar-refractivity contribution in [1.82, 2.24) is 20.9 Å². The maximum atomic E-state index is 13.6. The molecule has 228 valence electrons. The number of benzene rings is 2. The van der Waals surface area contributed by atoms with Gasteiger partial charge in [-0.25, -0.2) is 14.7 Å². The molecule has 0 radical (unpaired) electrons. The summed E-state index contributed by atoms with van der Waals surface area (Å²) in [5.41, 5.74) is 12.4. The number of ether oxygens (including phenoxy) is 1. The number of hydrogen-bond acceptors (Lipinski definition) is 10. The van der Waals surface area contributed by atoms with Crippen LogP contribution in [0.25, 0.3) is 0 Å². The first kappa shape index (κ1) is 28.7. The van der Waals surface area contributed by atoms with Gasteiger partial charge in [-0.2, -0.15) is 0 Å². The highest BCUT2D eigenvalue weighted by atomic mass is 19.1. The third-order valence-electron chi connectivity index (χ3n) is 8.94. The predicted octanol–water partition coefficient (Wildman–Crippen LogP) is -2.90. The normalized spacial score (nSPS) is 27.8. The average molecular weight is 596 g/mol. The Balaban J connectivity index is 1.22. The second-order valence-electron chi connectivity index (χ2n) is 12.1.